The lowest BCUT2D eigenvalue weighted by Crippen LogP contribution is -2.43. The van der Waals surface area contributed by atoms with E-state index in [2.05, 4.69) is 29.5 Å². The Labute approximate surface area is 137 Å². The molecule has 1 amide bonds. The predicted octanol–water partition coefficient (Wildman–Crippen LogP) is 3.71. The zero-order valence-electron chi connectivity index (χ0n) is 14.7. The highest BCUT2D eigenvalue weighted by Crippen LogP contribution is 2.24. The van der Waals surface area contributed by atoms with Crippen molar-refractivity contribution in [3.8, 4) is 0 Å². The van der Waals surface area contributed by atoms with Gasteiger partial charge in [-0.25, -0.2) is 9.78 Å². The molecule has 0 bridgehead atoms. The van der Waals surface area contributed by atoms with Crippen LogP contribution in [-0.4, -0.2) is 29.3 Å². The quantitative estimate of drug-likeness (QED) is 0.836. The molecule has 0 saturated carbocycles. The lowest BCUT2D eigenvalue weighted by molar-refractivity contribution is 0.0521. The highest BCUT2D eigenvalue weighted by atomic mass is 32.1. The highest BCUT2D eigenvalue weighted by molar-refractivity contribution is 7.11. The van der Waals surface area contributed by atoms with Crippen LogP contribution < -0.4 is 10.6 Å². The topological polar surface area (TPSA) is 63.2 Å². The van der Waals surface area contributed by atoms with Gasteiger partial charge in [-0.1, -0.05) is 6.92 Å². The molecule has 0 aliphatic rings. The molecule has 1 aromatic heterocycles. The van der Waals surface area contributed by atoms with Gasteiger partial charge in [0.15, 0.2) is 0 Å². The molecule has 2 atom stereocenters. The van der Waals surface area contributed by atoms with Crippen molar-refractivity contribution in [2.75, 3.05) is 6.54 Å². The number of rotatable bonds is 6. The number of hydrogen-bond acceptors (Lipinski definition) is 5. The molecule has 2 unspecified atom stereocenters. The Balaban J connectivity index is 2.51. The molecule has 0 fully saturated rings. The first-order chi connectivity index (χ1) is 10.1. The number of aryl methyl sites for hydroxylation is 2. The van der Waals surface area contributed by atoms with Gasteiger partial charge in [0.1, 0.15) is 5.60 Å². The first-order valence-electron chi connectivity index (χ1n) is 7.79. The van der Waals surface area contributed by atoms with Gasteiger partial charge < -0.3 is 15.4 Å². The van der Waals surface area contributed by atoms with E-state index >= 15 is 0 Å². The number of nitrogens with zero attached hydrogens (tertiary/aromatic N) is 1. The molecule has 0 spiro atoms. The summed E-state index contributed by atoms with van der Waals surface area (Å²) >= 11 is 1.72. The molecular formula is C16H29N3O2S. The molecule has 1 aromatic rings. The number of hydrogen-bond donors (Lipinski definition) is 2. The SMILES string of the molecule is CCC(CNC(=O)OC(C)(C)C)NC(C)c1sc(C)nc1C. The maximum Gasteiger partial charge on any atom is 0.407 e. The van der Waals surface area contributed by atoms with E-state index in [1.54, 1.807) is 11.3 Å². The average molecular weight is 327 g/mol. The van der Waals surface area contributed by atoms with Gasteiger partial charge >= 0.3 is 6.09 Å². The molecular weight excluding hydrogens is 298 g/mol. The maximum absolute atomic E-state index is 11.7. The Kier molecular flexibility index (Phi) is 6.81. The van der Waals surface area contributed by atoms with E-state index in [1.807, 2.05) is 34.6 Å². The number of ether oxygens (including phenoxy) is 1. The van der Waals surface area contributed by atoms with E-state index in [0.717, 1.165) is 17.1 Å². The van der Waals surface area contributed by atoms with Gasteiger partial charge in [0, 0.05) is 23.5 Å². The Morgan fingerprint density at radius 2 is 2.00 bits per heavy atom. The minimum Gasteiger partial charge on any atom is -0.444 e. The van der Waals surface area contributed by atoms with Crippen molar-refractivity contribution in [3.63, 3.8) is 0 Å². The molecule has 126 valence electrons. The van der Waals surface area contributed by atoms with Crippen LogP contribution in [0.3, 0.4) is 0 Å². The fourth-order valence-corrected chi connectivity index (χ4v) is 3.16. The molecule has 0 saturated heterocycles. The van der Waals surface area contributed by atoms with Crippen molar-refractivity contribution < 1.29 is 9.53 Å². The van der Waals surface area contributed by atoms with Gasteiger partial charge in [-0.3, -0.25) is 0 Å². The molecule has 0 aliphatic heterocycles. The van der Waals surface area contributed by atoms with Crippen molar-refractivity contribution in [1.82, 2.24) is 15.6 Å². The van der Waals surface area contributed by atoms with E-state index in [9.17, 15) is 4.79 Å². The molecule has 6 heteroatoms. The van der Waals surface area contributed by atoms with Gasteiger partial charge in [0.05, 0.1) is 10.7 Å². The zero-order chi connectivity index (χ0) is 16.9. The van der Waals surface area contributed by atoms with E-state index in [-0.39, 0.29) is 18.2 Å². The second-order valence-corrected chi connectivity index (χ2v) is 7.79. The molecule has 5 nitrogen and oxygen atoms in total. The first-order valence-corrected chi connectivity index (χ1v) is 8.60. The third-order valence-electron chi connectivity index (χ3n) is 3.20. The van der Waals surface area contributed by atoms with E-state index in [0.29, 0.717) is 6.54 Å². The van der Waals surface area contributed by atoms with Gasteiger partial charge in [-0.2, -0.15) is 0 Å². The second-order valence-electron chi connectivity index (χ2n) is 6.56. The number of aromatic nitrogens is 1. The summed E-state index contributed by atoms with van der Waals surface area (Å²) in [5.74, 6) is 0. The van der Waals surface area contributed by atoms with Crippen LogP contribution in [0, 0.1) is 13.8 Å². The van der Waals surface area contributed by atoms with Gasteiger partial charge in [-0.15, -0.1) is 11.3 Å². The fourth-order valence-electron chi connectivity index (χ4n) is 2.22. The molecule has 2 N–H and O–H groups in total. The Morgan fingerprint density at radius 3 is 2.45 bits per heavy atom. The summed E-state index contributed by atoms with van der Waals surface area (Å²) in [7, 11) is 0. The van der Waals surface area contributed by atoms with Crippen LogP contribution in [0.5, 0.6) is 0 Å². The standard InChI is InChI=1S/C16H29N3O2S/c1-8-13(9-17-15(20)21-16(5,6)7)19-11(3)14-10(2)18-12(4)22-14/h11,13,19H,8-9H2,1-7H3,(H,17,20). The summed E-state index contributed by atoms with van der Waals surface area (Å²) in [5, 5.41) is 7.47. The number of nitrogens with one attached hydrogen (secondary N) is 2. The third-order valence-corrected chi connectivity index (χ3v) is 4.46. The van der Waals surface area contributed by atoms with Gasteiger partial charge in [0.2, 0.25) is 0 Å². The largest absolute Gasteiger partial charge is 0.444 e. The van der Waals surface area contributed by atoms with Gasteiger partial charge in [-0.05, 0) is 48.0 Å². The molecule has 1 rings (SSSR count). The first kappa shape index (κ1) is 18.9. The number of thiazole rings is 1. The minimum atomic E-state index is -0.468. The molecule has 1 heterocycles. The Morgan fingerprint density at radius 1 is 1.36 bits per heavy atom. The van der Waals surface area contributed by atoms with Crippen molar-refractivity contribution >= 4 is 17.4 Å². The number of carbonyl (C=O) groups is 1. The van der Waals surface area contributed by atoms with E-state index in [1.165, 1.54) is 4.88 Å². The summed E-state index contributed by atoms with van der Waals surface area (Å²) in [6, 6.07) is 0.418. The number of carbonyl (C=O) groups excluding carboxylic acids is 1. The lowest BCUT2D eigenvalue weighted by Gasteiger charge is -2.24. The van der Waals surface area contributed by atoms with Crippen LogP contribution in [0.4, 0.5) is 4.79 Å². The van der Waals surface area contributed by atoms with Crippen LogP contribution in [0.2, 0.25) is 0 Å². The van der Waals surface area contributed by atoms with Gasteiger partial charge in [0.25, 0.3) is 0 Å². The van der Waals surface area contributed by atoms with Crippen LogP contribution in [0.1, 0.15) is 62.7 Å². The molecule has 0 aliphatic carbocycles. The third kappa shape index (κ3) is 6.32. The zero-order valence-corrected chi connectivity index (χ0v) is 15.6. The summed E-state index contributed by atoms with van der Waals surface area (Å²) in [4.78, 5) is 17.4. The van der Waals surface area contributed by atoms with Crippen LogP contribution >= 0.6 is 11.3 Å². The molecule has 22 heavy (non-hydrogen) atoms. The average Bonchev–Trinajstić information content (AvgIpc) is 2.71. The maximum atomic E-state index is 11.7. The van der Waals surface area contributed by atoms with Crippen molar-refractivity contribution in [3.05, 3.63) is 15.6 Å². The summed E-state index contributed by atoms with van der Waals surface area (Å²) in [5.41, 5.74) is 0.613. The van der Waals surface area contributed by atoms with E-state index in [4.69, 9.17) is 4.74 Å². The van der Waals surface area contributed by atoms with Crippen molar-refractivity contribution in [2.45, 2.75) is 72.6 Å². The predicted molar refractivity (Wildman–Crippen MR) is 91.5 cm³/mol. The summed E-state index contributed by atoms with van der Waals surface area (Å²) in [6.07, 6.45) is 0.557. The Hall–Kier alpha value is -1.14. The summed E-state index contributed by atoms with van der Waals surface area (Å²) < 4.78 is 5.26. The summed E-state index contributed by atoms with van der Waals surface area (Å²) in [6.45, 7) is 14.4. The highest BCUT2D eigenvalue weighted by Gasteiger charge is 2.19. The number of amides is 1. The molecule has 0 aromatic carbocycles. The van der Waals surface area contributed by atoms with Crippen molar-refractivity contribution in [2.24, 2.45) is 0 Å². The van der Waals surface area contributed by atoms with Crippen LogP contribution in [0.25, 0.3) is 0 Å². The smallest absolute Gasteiger partial charge is 0.407 e. The molecule has 0 radical (unpaired) electrons. The fraction of sp³-hybridized carbons (Fsp3) is 0.750. The lowest BCUT2D eigenvalue weighted by atomic mass is 10.1. The van der Waals surface area contributed by atoms with Crippen LogP contribution in [0.15, 0.2) is 0 Å². The monoisotopic (exact) mass is 327 g/mol. The number of alkyl carbamates (subject to hydrolysis) is 1. The van der Waals surface area contributed by atoms with Crippen molar-refractivity contribution in [1.29, 1.82) is 0 Å². The van der Waals surface area contributed by atoms with E-state index < -0.39 is 5.60 Å². The minimum absolute atomic E-state index is 0.198. The Bertz CT molecular complexity index is 494. The van der Waals surface area contributed by atoms with Crippen LogP contribution in [-0.2, 0) is 4.74 Å². The normalized spacial score (nSPS) is 14.5. The second kappa shape index (κ2) is 7.92.